The van der Waals surface area contributed by atoms with E-state index in [0.29, 0.717) is 12.3 Å². The summed E-state index contributed by atoms with van der Waals surface area (Å²) in [6, 6.07) is 0. The molecule has 2 heterocycles. The molecule has 1 aromatic heterocycles. The van der Waals surface area contributed by atoms with Crippen LogP contribution in [-0.4, -0.2) is 60.5 Å². The van der Waals surface area contributed by atoms with Gasteiger partial charge in [0.2, 0.25) is 5.91 Å². The van der Waals surface area contributed by atoms with E-state index < -0.39 is 0 Å². The lowest BCUT2D eigenvalue weighted by Gasteiger charge is -2.34. The summed E-state index contributed by atoms with van der Waals surface area (Å²) < 4.78 is 0. The van der Waals surface area contributed by atoms with Crippen LogP contribution in [0.15, 0.2) is 5.38 Å². The zero-order valence-corrected chi connectivity index (χ0v) is 13.9. The molecule has 0 aromatic carbocycles. The monoisotopic (exact) mass is 310 g/mol. The van der Waals surface area contributed by atoms with Gasteiger partial charge in [-0.05, 0) is 26.4 Å². The molecule has 118 valence electrons. The number of aryl methyl sites for hydroxylation is 1. The summed E-state index contributed by atoms with van der Waals surface area (Å²) in [4.78, 5) is 21.1. The van der Waals surface area contributed by atoms with Crippen LogP contribution >= 0.6 is 11.3 Å². The quantitative estimate of drug-likeness (QED) is 0.772. The molecule has 1 aliphatic rings. The molecule has 2 rings (SSSR count). The van der Waals surface area contributed by atoms with E-state index in [-0.39, 0.29) is 0 Å². The molecule has 0 aliphatic carbocycles. The second-order valence-corrected chi connectivity index (χ2v) is 6.39. The van der Waals surface area contributed by atoms with Crippen molar-refractivity contribution < 1.29 is 4.79 Å². The molecule has 1 amide bonds. The van der Waals surface area contributed by atoms with Gasteiger partial charge in [-0.25, -0.2) is 4.98 Å². The number of carbonyl (C=O) groups is 1. The van der Waals surface area contributed by atoms with Gasteiger partial charge >= 0.3 is 0 Å². The van der Waals surface area contributed by atoms with E-state index in [1.54, 1.807) is 11.3 Å². The maximum Gasteiger partial charge on any atom is 0.222 e. The number of piperazine rings is 1. The first kappa shape index (κ1) is 16.4. The lowest BCUT2D eigenvalue weighted by Crippen LogP contribution is -2.48. The average molecular weight is 310 g/mol. The molecule has 0 radical (unpaired) electrons. The van der Waals surface area contributed by atoms with Gasteiger partial charge in [0.05, 0.1) is 10.7 Å². The van der Waals surface area contributed by atoms with Crippen molar-refractivity contribution in [3.8, 4) is 0 Å². The molecule has 1 aliphatic heterocycles. The Labute approximate surface area is 131 Å². The Kier molecular flexibility index (Phi) is 6.60. The maximum absolute atomic E-state index is 12.0. The SMILES string of the molecule is CCc1nc(CN2CCN(C(=O)CCCNC)CC2)cs1. The smallest absolute Gasteiger partial charge is 0.222 e. The number of nitrogens with zero attached hydrogens (tertiary/aromatic N) is 3. The van der Waals surface area contributed by atoms with Crippen LogP contribution < -0.4 is 5.32 Å². The average Bonchev–Trinajstić information content (AvgIpc) is 2.96. The van der Waals surface area contributed by atoms with Gasteiger partial charge in [-0.15, -0.1) is 11.3 Å². The fraction of sp³-hybridized carbons (Fsp3) is 0.733. The fourth-order valence-corrected chi connectivity index (χ4v) is 3.28. The minimum atomic E-state index is 0.298. The van der Waals surface area contributed by atoms with E-state index in [1.807, 2.05) is 11.9 Å². The Balaban J connectivity index is 1.71. The van der Waals surface area contributed by atoms with Gasteiger partial charge in [0.25, 0.3) is 0 Å². The van der Waals surface area contributed by atoms with E-state index in [0.717, 1.165) is 52.1 Å². The molecule has 0 saturated carbocycles. The minimum Gasteiger partial charge on any atom is -0.340 e. The molecule has 0 spiro atoms. The molecule has 1 fully saturated rings. The highest BCUT2D eigenvalue weighted by atomic mass is 32.1. The first-order valence-electron chi connectivity index (χ1n) is 7.81. The van der Waals surface area contributed by atoms with Gasteiger partial charge in [-0.3, -0.25) is 9.69 Å². The van der Waals surface area contributed by atoms with Gasteiger partial charge in [0.15, 0.2) is 0 Å². The minimum absolute atomic E-state index is 0.298. The Morgan fingerprint density at radius 1 is 1.38 bits per heavy atom. The van der Waals surface area contributed by atoms with Crippen molar-refractivity contribution in [2.45, 2.75) is 32.7 Å². The largest absolute Gasteiger partial charge is 0.340 e. The van der Waals surface area contributed by atoms with Crippen LogP contribution in [0.1, 0.15) is 30.5 Å². The van der Waals surface area contributed by atoms with Crippen LogP contribution in [0.2, 0.25) is 0 Å². The van der Waals surface area contributed by atoms with Crippen molar-refractivity contribution in [1.29, 1.82) is 0 Å². The number of carbonyl (C=O) groups excluding carboxylic acids is 1. The fourth-order valence-electron chi connectivity index (χ4n) is 2.54. The van der Waals surface area contributed by atoms with Crippen molar-refractivity contribution >= 4 is 17.2 Å². The first-order chi connectivity index (χ1) is 10.2. The highest BCUT2D eigenvalue weighted by Gasteiger charge is 2.21. The van der Waals surface area contributed by atoms with Gasteiger partial charge < -0.3 is 10.2 Å². The molecule has 1 N–H and O–H groups in total. The lowest BCUT2D eigenvalue weighted by atomic mass is 10.2. The molecule has 1 saturated heterocycles. The van der Waals surface area contributed by atoms with Crippen molar-refractivity contribution in [3.63, 3.8) is 0 Å². The summed E-state index contributed by atoms with van der Waals surface area (Å²) in [6.07, 6.45) is 2.60. The Hall–Kier alpha value is -0.980. The highest BCUT2D eigenvalue weighted by Crippen LogP contribution is 2.14. The lowest BCUT2D eigenvalue weighted by molar-refractivity contribution is -0.133. The normalized spacial score (nSPS) is 16.4. The molecule has 0 bridgehead atoms. The summed E-state index contributed by atoms with van der Waals surface area (Å²) in [5, 5.41) is 6.45. The van der Waals surface area contributed by atoms with Crippen LogP contribution in [0.3, 0.4) is 0 Å². The van der Waals surface area contributed by atoms with Crippen molar-refractivity contribution in [3.05, 3.63) is 16.1 Å². The molecule has 6 heteroatoms. The highest BCUT2D eigenvalue weighted by molar-refractivity contribution is 7.09. The third-order valence-electron chi connectivity index (χ3n) is 3.83. The summed E-state index contributed by atoms with van der Waals surface area (Å²) in [6.45, 7) is 7.58. The summed E-state index contributed by atoms with van der Waals surface area (Å²) >= 11 is 1.75. The molecule has 21 heavy (non-hydrogen) atoms. The van der Waals surface area contributed by atoms with Crippen molar-refractivity contribution in [2.24, 2.45) is 0 Å². The van der Waals surface area contributed by atoms with Crippen LogP contribution in [0.25, 0.3) is 0 Å². The van der Waals surface area contributed by atoms with Crippen LogP contribution in [0.4, 0.5) is 0 Å². The molecular weight excluding hydrogens is 284 g/mol. The molecule has 0 atom stereocenters. The van der Waals surface area contributed by atoms with Gasteiger partial charge in [0.1, 0.15) is 0 Å². The standard InChI is InChI=1S/C15H26N4OS/c1-3-14-17-13(12-21-14)11-18-7-9-19(10-8-18)15(20)5-4-6-16-2/h12,16H,3-11H2,1-2H3. The van der Waals surface area contributed by atoms with E-state index in [4.69, 9.17) is 0 Å². The third-order valence-corrected chi connectivity index (χ3v) is 4.87. The summed E-state index contributed by atoms with van der Waals surface area (Å²) in [5.41, 5.74) is 1.17. The zero-order valence-electron chi connectivity index (χ0n) is 13.1. The van der Waals surface area contributed by atoms with Crippen LogP contribution in [0.5, 0.6) is 0 Å². The van der Waals surface area contributed by atoms with E-state index in [1.165, 1.54) is 10.7 Å². The zero-order chi connectivity index (χ0) is 15.1. The number of amides is 1. The number of nitrogens with one attached hydrogen (secondary N) is 1. The second kappa shape index (κ2) is 8.46. The molecule has 1 aromatic rings. The topological polar surface area (TPSA) is 48.5 Å². The number of rotatable bonds is 7. The molecular formula is C15H26N4OS. The summed E-state index contributed by atoms with van der Waals surface area (Å²) in [5.74, 6) is 0.298. The number of hydrogen-bond acceptors (Lipinski definition) is 5. The first-order valence-corrected chi connectivity index (χ1v) is 8.69. The second-order valence-electron chi connectivity index (χ2n) is 5.45. The number of hydrogen-bond donors (Lipinski definition) is 1. The summed E-state index contributed by atoms with van der Waals surface area (Å²) in [7, 11) is 1.92. The predicted octanol–water partition coefficient (Wildman–Crippen LogP) is 1.35. The molecule has 5 nitrogen and oxygen atoms in total. The van der Waals surface area contributed by atoms with Crippen molar-refractivity contribution in [1.82, 2.24) is 20.1 Å². The molecule has 0 unspecified atom stereocenters. The van der Waals surface area contributed by atoms with Gasteiger partial charge in [0, 0.05) is 44.5 Å². The van der Waals surface area contributed by atoms with Crippen LogP contribution in [0, 0.1) is 0 Å². The third kappa shape index (κ3) is 5.05. The number of thiazole rings is 1. The van der Waals surface area contributed by atoms with Crippen LogP contribution in [-0.2, 0) is 17.8 Å². The predicted molar refractivity (Wildman–Crippen MR) is 86.5 cm³/mol. The van der Waals surface area contributed by atoms with E-state index in [9.17, 15) is 4.79 Å². The van der Waals surface area contributed by atoms with E-state index >= 15 is 0 Å². The van der Waals surface area contributed by atoms with Gasteiger partial charge in [-0.2, -0.15) is 0 Å². The van der Waals surface area contributed by atoms with E-state index in [2.05, 4.69) is 27.5 Å². The Morgan fingerprint density at radius 2 is 2.14 bits per heavy atom. The Bertz CT molecular complexity index is 441. The van der Waals surface area contributed by atoms with Crippen molar-refractivity contribution in [2.75, 3.05) is 39.8 Å². The number of aromatic nitrogens is 1. The van der Waals surface area contributed by atoms with Gasteiger partial charge in [-0.1, -0.05) is 6.92 Å². The maximum atomic E-state index is 12.0. The Morgan fingerprint density at radius 3 is 2.76 bits per heavy atom.